The third kappa shape index (κ3) is 5.68. The number of amides is 2. The molecule has 176 valence electrons. The van der Waals surface area contributed by atoms with Crippen molar-refractivity contribution in [2.45, 2.75) is 25.4 Å². The number of fused-ring (bicyclic) bond motifs is 1. The van der Waals surface area contributed by atoms with Crippen molar-refractivity contribution in [1.82, 2.24) is 4.90 Å². The van der Waals surface area contributed by atoms with Crippen LogP contribution in [0.4, 0.5) is 5.69 Å². The van der Waals surface area contributed by atoms with Crippen LogP contribution in [-0.4, -0.2) is 35.3 Å². The molecule has 0 bridgehead atoms. The maximum Gasteiger partial charge on any atom is 0.329 e. The lowest BCUT2D eigenvalue weighted by Crippen LogP contribution is -2.49. The average Bonchev–Trinajstić information content (AvgIpc) is 2.87. The van der Waals surface area contributed by atoms with Gasteiger partial charge in [-0.05, 0) is 41.0 Å². The van der Waals surface area contributed by atoms with Crippen LogP contribution in [0.25, 0.3) is 0 Å². The highest BCUT2D eigenvalue weighted by Gasteiger charge is 2.36. The second-order valence-electron chi connectivity index (χ2n) is 8.09. The van der Waals surface area contributed by atoms with Crippen molar-refractivity contribution in [3.05, 3.63) is 100 Å². The van der Waals surface area contributed by atoms with Gasteiger partial charge in [-0.25, -0.2) is 4.79 Å². The molecule has 0 unspecified atom stereocenters. The topological polar surface area (TPSA) is 99.5 Å². The van der Waals surface area contributed by atoms with Gasteiger partial charge in [0.1, 0.15) is 6.04 Å². The third-order valence-corrected chi connectivity index (χ3v) is 6.08. The second-order valence-corrected chi connectivity index (χ2v) is 8.50. The Balaban J connectivity index is 1.46. The number of anilines is 1. The lowest BCUT2D eigenvalue weighted by molar-refractivity contribution is -0.152. The first-order valence-electron chi connectivity index (χ1n) is 11.0. The van der Waals surface area contributed by atoms with Crippen LogP contribution in [0, 0.1) is 11.3 Å². The SMILES string of the molecule is N#CCc1ccc(NC(=O)COC(=O)[C@@H]2Cc3ccccc3CN2C(=O)c2ccccc2Cl)cc1. The van der Waals surface area contributed by atoms with Crippen molar-refractivity contribution in [1.29, 1.82) is 5.26 Å². The molecule has 1 aliphatic heterocycles. The fourth-order valence-electron chi connectivity index (χ4n) is 3.96. The number of hydrogen-bond donors (Lipinski definition) is 1. The summed E-state index contributed by atoms with van der Waals surface area (Å²) in [6, 6.07) is 22.3. The van der Waals surface area contributed by atoms with Crippen LogP contribution in [0.1, 0.15) is 27.0 Å². The summed E-state index contributed by atoms with van der Waals surface area (Å²) >= 11 is 6.24. The molecule has 7 nitrogen and oxygen atoms in total. The van der Waals surface area contributed by atoms with Gasteiger partial charge in [0, 0.05) is 18.7 Å². The molecule has 1 aliphatic rings. The molecule has 0 fully saturated rings. The van der Waals surface area contributed by atoms with Gasteiger partial charge in [0.05, 0.1) is 23.1 Å². The molecule has 3 aromatic carbocycles. The molecule has 1 atom stereocenters. The highest BCUT2D eigenvalue weighted by atomic mass is 35.5. The molecular formula is C27H22ClN3O4. The summed E-state index contributed by atoms with van der Waals surface area (Å²) in [7, 11) is 0. The molecule has 2 amide bonds. The normalized spacial score (nSPS) is 14.4. The Hall–Kier alpha value is -4.15. The van der Waals surface area contributed by atoms with Crippen LogP contribution in [0.5, 0.6) is 0 Å². The number of nitrogens with zero attached hydrogens (tertiary/aromatic N) is 2. The minimum Gasteiger partial charge on any atom is -0.454 e. The molecule has 1 heterocycles. The maximum atomic E-state index is 13.3. The summed E-state index contributed by atoms with van der Waals surface area (Å²) in [5.74, 6) is -1.56. The molecule has 4 rings (SSSR count). The average molecular weight is 488 g/mol. The second kappa shape index (κ2) is 10.9. The molecule has 0 aliphatic carbocycles. The van der Waals surface area contributed by atoms with Gasteiger partial charge in [0.2, 0.25) is 0 Å². The number of carbonyl (C=O) groups excluding carboxylic acids is 3. The first-order valence-corrected chi connectivity index (χ1v) is 11.4. The zero-order valence-corrected chi connectivity index (χ0v) is 19.5. The molecule has 0 saturated carbocycles. The van der Waals surface area contributed by atoms with E-state index in [4.69, 9.17) is 21.6 Å². The molecule has 0 spiro atoms. The standard InChI is InChI=1S/C27H22ClN3O4/c28-23-8-4-3-7-22(23)26(33)31-16-20-6-2-1-5-19(20)15-24(31)27(34)35-17-25(32)30-21-11-9-18(10-12-21)13-14-29/h1-12,24H,13,15-17H2,(H,30,32)/t24-/m0/s1. The van der Waals surface area contributed by atoms with E-state index in [9.17, 15) is 14.4 Å². The fourth-order valence-corrected chi connectivity index (χ4v) is 4.18. The largest absolute Gasteiger partial charge is 0.454 e. The number of nitriles is 1. The van der Waals surface area contributed by atoms with Gasteiger partial charge in [-0.1, -0.05) is 60.1 Å². The summed E-state index contributed by atoms with van der Waals surface area (Å²) < 4.78 is 5.32. The van der Waals surface area contributed by atoms with Crippen molar-refractivity contribution in [2.75, 3.05) is 11.9 Å². The van der Waals surface area contributed by atoms with E-state index in [0.29, 0.717) is 16.3 Å². The molecular weight excluding hydrogens is 466 g/mol. The molecule has 35 heavy (non-hydrogen) atoms. The molecule has 0 saturated heterocycles. The number of esters is 1. The van der Waals surface area contributed by atoms with Crippen molar-refractivity contribution in [3.63, 3.8) is 0 Å². The molecule has 0 aromatic heterocycles. The summed E-state index contributed by atoms with van der Waals surface area (Å²) in [4.78, 5) is 40.2. The Morgan fingerprint density at radius 3 is 2.40 bits per heavy atom. The predicted molar refractivity (Wildman–Crippen MR) is 131 cm³/mol. The number of ether oxygens (including phenoxy) is 1. The summed E-state index contributed by atoms with van der Waals surface area (Å²) in [5.41, 5.74) is 3.53. The Bertz CT molecular complexity index is 1300. The smallest absolute Gasteiger partial charge is 0.329 e. The lowest BCUT2D eigenvalue weighted by atomic mass is 9.93. The Morgan fingerprint density at radius 2 is 1.69 bits per heavy atom. The third-order valence-electron chi connectivity index (χ3n) is 5.75. The van der Waals surface area contributed by atoms with E-state index in [2.05, 4.69) is 11.4 Å². The maximum absolute atomic E-state index is 13.3. The molecule has 1 N–H and O–H groups in total. The Morgan fingerprint density at radius 1 is 1.00 bits per heavy atom. The van der Waals surface area contributed by atoms with E-state index >= 15 is 0 Å². The van der Waals surface area contributed by atoms with Gasteiger partial charge < -0.3 is 15.0 Å². The van der Waals surface area contributed by atoms with Crippen LogP contribution >= 0.6 is 11.6 Å². The number of hydrogen-bond acceptors (Lipinski definition) is 5. The number of nitrogens with one attached hydrogen (secondary N) is 1. The lowest BCUT2D eigenvalue weighted by Gasteiger charge is -2.35. The van der Waals surface area contributed by atoms with Crippen LogP contribution < -0.4 is 5.32 Å². The Labute approximate surface area is 207 Å². The zero-order chi connectivity index (χ0) is 24.8. The van der Waals surface area contributed by atoms with Gasteiger partial charge in [-0.3, -0.25) is 9.59 Å². The minimum atomic E-state index is -0.897. The first-order chi connectivity index (χ1) is 17.0. The Kier molecular flexibility index (Phi) is 7.44. The van der Waals surface area contributed by atoms with Crippen LogP contribution in [0.15, 0.2) is 72.8 Å². The van der Waals surface area contributed by atoms with Gasteiger partial charge in [0.15, 0.2) is 6.61 Å². The van der Waals surface area contributed by atoms with E-state index in [0.717, 1.165) is 16.7 Å². The van der Waals surface area contributed by atoms with Crippen molar-refractivity contribution in [3.8, 4) is 6.07 Å². The van der Waals surface area contributed by atoms with E-state index < -0.39 is 24.5 Å². The van der Waals surface area contributed by atoms with E-state index in [1.807, 2.05) is 24.3 Å². The number of carbonyl (C=O) groups is 3. The van der Waals surface area contributed by atoms with Crippen LogP contribution in [0.2, 0.25) is 5.02 Å². The number of benzene rings is 3. The molecule has 3 aromatic rings. The zero-order valence-electron chi connectivity index (χ0n) is 18.7. The van der Waals surface area contributed by atoms with Crippen molar-refractivity contribution in [2.24, 2.45) is 0 Å². The van der Waals surface area contributed by atoms with Gasteiger partial charge in [0.25, 0.3) is 11.8 Å². The summed E-state index contributed by atoms with van der Waals surface area (Å²) in [6.07, 6.45) is 0.549. The van der Waals surface area contributed by atoms with Gasteiger partial charge in [-0.15, -0.1) is 0 Å². The van der Waals surface area contributed by atoms with E-state index in [1.54, 1.807) is 48.5 Å². The first kappa shape index (κ1) is 24.0. The summed E-state index contributed by atoms with van der Waals surface area (Å²) in [6.45, 7) is -0.272. The predicted octanol–water partition coefficient (Wildman–Crippen LogP) is 4.16. The quantitative estimate of drug-likeness (QED) is 0.526. The van der Waals surface area contributed by atoms with Crippen molar-refractivity contribution >= 4 is 35.1 Å². The van der Waals surface area contributed by atoms with Gasteiger partial charge in [-0.2, -0.15) is 5.26 Å². The van der Waals surface area contributed by atoms with Crippen molar-refractivity contribution < 1.29 is 19.1 Å². The minimum absolute atomic E-state index is 0.223. The number of halogens is 1. The van der Waals surface area contributed by atoms with Crippen LogP contribution in [0.3, 0.4) is 0 Å². The molecule has 0 radical (unpaired) electrons. The fraction of sp³-hybridized carbons (Fsp3) is 0.185. The van der Waals surface area contributed by atoms with E-state index in [1.165, 1.54) is 4.90 Å². The highest BCUT2D eigenvalue weighted by Crippen LogP contribution is 2.27. The number of rotatable bonds is 6. The van der Waals surface area contributed by atoms with Crippen LogP contribution in [-0.2, 0) is 33.7 Å². The highest BCUT2D eigenvalue weighted by molar-refractivity contribution is 6.33. The summed E-state index contributed by atoms with van der Waals surface area (Å²) in [5, 5.41) is 11.7. The van der Waals surface area contributed by atoms with Gasteiger partial charge >= 0.3 is 5.97 Å². The van der Waals surface area contributed by atoms with E-state index in [-0.39, 0.29) is 25.3 Å². The monoisotopic (exact) mass is 487 g/mol. The molecule has 8 heteroatoms.